The lowest BCUT2D eigenvalue weighted by Gasteiger charge is -2.25. The smallest absolute Gasteiger partial charge is 0.356 e. The number of alkyl halides is 3. The number of halogens is 4. The molecule has 0 aliphatic rings. The molecule has 1 unspecified atom stereocenters. The maximum atomic E-state index is 12.6. The summed E-state index contributed by atoms with van der Waals surface area (Å²) in [5.74, 6) is -0.615. The fourth-order valence-corrected chi connectivity index (χ4v) is 1.76. The van der Waals surface area contributed by atoms with Crippen molar-refractivity contribution in [1.29, 1.82) is 0 Å². The third-order valence-electron chi connectivity index (χ3n) is 2.87. The second kappa shape index (κ2) is 6.41. The fourth-order valence-electron chi connectivity index (χ4n) is 1.58. The van der Waals surface area contributed by atoms with E-state index in [0.29, 0.717) is 19.0 Å². The van der Waals surface area contributed by atoms with E-state index in [4.69, 9.17) is 11.6 Å². The second-order valence-corrected chi connectivity index (χ2v) is 4.81. The van der Waals surface area contributed by atoms with E-state index >= 15 is 0 Å². The minimum Gasteiger partial charge on any atom is -0.356 e. The van der Waals surface area contributed by atoms with E-state index in [1.54, 1.807) is 4.90 Å². The van der Waals surface area contributed by atoms with Crippen molar-refractivity contribution in [1.82, 2.24) is 9.97 Å². The van der Waals surface area contributed by atoms with Gasteiger partial charge < -0.3 is 4.90 Å². The lowest BCUT2D eigenvalue weighted by Crippen LogP contribution is -2.29. The summed E-state index contributed by atoms with van der Waals surface area (Å²) in [6.07, 6.45) is -3.64. The highest BCUT2D eigenvalue weighted by Gasteiger charge is 2.35. The Hall–Kier alpha value is -1.04. The Kier molecular flexibility index (Phi) is 5.40. The molecule has 3 nitrogen and oxygen atoms in total. The van der Waals surface area contributed by atoms with Gasteiger partial charge in [0, 0.05) is 19.2 Å². The van der Waals surface area contributed by atoms with E-state index in [1.807, 2.05) is 20.8 Å². The van der Waals surface area contributed by atoms with Crippen LogP contribution >= 0.6 is 11.6 Å². The largest absolute Gasteiger partial charge is 0.451 e. The molecule has 0 radical (unpaired) electrons. The molecule has 0 saturated heterocycles. The Labute approximate surface area is 115 Å². The zero-order valence-electron chi connectivity index (χ0n) is 11.1. The molecule has 1 rings (SSSR count). The highest BCUT2D eigenvalue weighted by Crippen LogP contribution is 2.29. The number of anilines is 1. The molecular weight excluding hydrogens is 279 g/mol. The lowest BCUT2D eigenvalue weighted by molar-refractivity contribution is -0.144. The van der Waals surface area contributed by atoms with Gasteiger partial charge >= 0.3 is 6.18 Å². The van der Waals surface area contributed by atoms with E-state index < -0.39 is 12.0 Å². The van der Waals surface area contributed by atoms with Gasteiger partial charge in [0.2, 0.25) is 5.82 Å². The first-order chi connectivity index (χ1) is 8.77. The first-order valence-corrected chi connectivity index (χ1v) is 6.52. The van der Waals surface area contributed by atoms with Crippen molar-refractivity contribution in [3.63, 3.8) is 0 Å². The van der Waals surface area contributed by atoms with Gasteiger partial charge in [-0.1, -0.05) is 31.9 Å². The highest BCUT2D eigenvalue weighted by molar-refractivity contribution is 6.29. The number of aromatic nitrogens is 2. The Morgan fingerprint density at radius 1 is 1.32 bits per heavy atom. The topological polar surface area (TPSA) is 29.0 Å². The second-order valence-electron chi connectivity index (χ2n) is 4.42. The number of rotatable bonds is 5. The molecule has 0 bridgehead atoms. The standard InChI is InChI=1S/C12H17ClF3N3/c1-4-8(3)7-19(5-2)10-6-9(13)17-11(18-10)12(14,15)16/h6,8H,4-5,7H2,1-3H3. The van der Waals surface area contributed by atoms with Crippen molar-refractivity contribution in [3.05, 3.63) is 17.0 Å². The highest BCUT2D eigenvalue weighted by atomic mass is 35.5. The average molecular weight is 296 g/mol. The van der Waals surface area contributed by atoms with Crippen molar-refractivity contribution in [2.24, 2.45) is 5.92 Å². The van der Waals surface area contributed by atoms with Crippen LogP contribution in [-0.2, 0) is 6.18 Å². The van der Waals surface area contributed by atoms with Gasteiger partial charge in [0.25, 0.3) is 0 Å². The molecule has 1 atom stereocenters. The Morgan fingerprint density at radius 2 is 1.95 bits per heavy atom. The van der Waals surface area contributed by atoms with Crippen LogP contribution in [0.15, 0.2) is 6.07 Å². The van der Waals surface area contributed by atoms with Gasteiger partial charge in [0.15, 0.2) is 0 Å². The molecule has 1 aromatic rings. The molecule has 0 aromatic carbocycles. The van der Waals surface area contributed by atoms with E-state index in [9.17, 15) is 13.2 Å². The van der Waals surface area contributed by atoms with Crippen LogP contribution in [0.4, 0.5) is 19.0 Å². The predicted octanol–water partition coefficient (Wildman–Crippen LogP) is 4.02. The van der Waals surface area contributed by atoms with Crippen LogP contribution in [0.2, 0.25) is 5.15 Å². The molecule has 0 aliphatic heterocycles. The van der Waals surface area contributed by atoms with Gasteiger partial charge in [-0.15, -0.1) is 0 Å². The molecule has 108 valence electrons. The number of hydrogen-bond donors (Lipinski definition) is 0. The minimum absolute atomic E-state index is 0.195. The van der Waals surface area contributed by atoms with Crippen LogP contribution in [0.3, 0.4) is 0 Å². The number of hydrogen-bond acceptors (Lipinski definition) is 3. The van der Waals surface area contributed by atoms with Crippen molar-refractivity contribution < 1.29 is 13.2 Å². The van der Waals surface area contributed by atoms with Crippen molar-refractivity contribution in [3.8, 4) is 0 Å². The van der Waals surface area contributed by atoms with Gasteiger partial charge in [0.1, 0.15) is 11.0 Å². The summed E-state index contributed by atoms with van der Waals surface area (Å²) in [7, 11) is 0. The van der Waals surface area contributed by atoms with Gasteiger partial charge in [-0.3, -0.25) is 0 Å². The molecule has 0 N–H and O–H groups in total. The van der Waals surface area contributed by atoms with Crippen LogP contribution < -0.4 is 4.90 Å². The monoisotopic (exact) mass is 295 g/mol. The Morgan fingerprint density at radius 3 is 2.42 bits per heavy atom. The predicted molar refractivity (Wildman–Crippen MR) is 69.4 cm³/mol. The fraction of sp³-hybridized carbons (Fsp3) is 0.667. The summed E-state index contributed by atoms with van der Waals surface area (Å²) >= 11 is 5.65. The molecule has 0 saturated carbocycles. The molecule has 19 heavy (non-hydrogen) atoms. The van der Waals surface area contributed by atoms with Crippen LogP contribution in [0.25, 0.3) is 0 Å². The molecule has 1 heterocycles. The van der Waals surface area contributed by atoms with Crippen LogP contribution in [-0.4, -0.2) is 23.1 Å². The summed E-state index contributed by atoms with van der Waals surface area (Å²) < 4.78 is 37.9. The van der Waals surface area contributed by atoms with Crippen LogP contribution in [0, 0.1) is 5.92 Å². The quantitative estimate of drug-likeness (QED) is 0.768. The summed E-state index contributed by atoms with van der Waals surface area (Å²) in [5, 5.41) is -0.195. The van der Waals surface area contributed by atoms with Gasteiger partial charge in [-0.2, -0.15) is 13.2 Å². The van der Waals surface area contributed by atoms with Crippen LogP contribution in [0.1, 0.15) is 33.0 Å². The molecule has 0 amide bonds. The van der Waals surface area contributed by atoms with E-state index in [0.717, 1.165) is 6.42 Å². The third kappa shape index (κ3) is 4.53. The summed E-state index contributed by atoms with van der Waals surface area (Å²) in [5.41, 5.74) is 0. The van der Waals surface area contributed by atoms with E-state index in [-0.39, 0.29) is 11.0 Å². The molecule has 0 aliphatic carbocycles. The van der Waals surface area contributed by atoms with Gasteiger partial charge in [-0.05, 0) is 12.8 Å². The molecule has 0 spiro atoms. The van der Waals surface area contributed by atoms with E-state index in [2.05, 4.69) is 9.97 Å². The average Bonchev–Trinajstić information content (AvgIpc) is 2.33. The maximum absolute atomic E-state index is 12.6. The van der Waals surface area contributed by atoms with Crippen molar-refractivity contribution >= 4 is 17.4 Å². The number of nitrogens with zero attached hydrogens (tertiary/aromatic N) is 3. The van der Waals surface area contributed by atoms with Gasteiger partial charge in [-0.25, -0.2) is 9.97 Å². The summed E-state index contributed by atoms with van der Waals surface area (Å²) in [6.45, 7) is 7.14. The molecular formula is C12H17ClF3N3. The first-order valence-electron chi connectivity index (χ1n) is 6.14. The minimum atomic E-state index is -4.59. The van der Waals surface area contributed by atoms with Gasteiger partial charge in [0.05, 0.1) is 0 Å². The first kappa shape index (κ1) is 16.0. The molecule has 1 aromatic heterocycles. The molecule has 0 fully saturated rings. The molecule has 7 heteroatoms. The third-order valence-corrected chi connectivity index (χ3v) is 3.06. The summed E-state index contributed by atoms with van der Waals surface area (Å²) in [4.78, 5) is 8.57. The van der Waals surface area contributed by atoms with Crippen LogP contribution in [0.5, 0.6) is 0 Å². The lowest BCUT2D eigenvalue weighted by atomic mass is 10.1. The SMILES string of the molecule is CCC(C)CN(CC)c1cc(Cl)nc(C(F)(F)F)n1. The van der Waals surface area contributed by atoms with E-state index in [1.165, 1.54) is 6.07 Å². The maximum Gasteiger partial charge on any atom is 0.451 e. The Balaban J connectivity index is 3.07. The van der Waals surface area contributed by atoms with Crippen molar-refractivity contribution in [2.45, 2.75) is 33.4 Å². The zero-order valence-corrected chi connectivity index (χ0v) is 11.9. The summed E-state index contributed by atoms with van der Waals surface area (Å²) in [6, 6.07) is 1.36. The normalized spacial score (nSPS) is 13.4. The zero-order chi connectivity index (χ0) is 14.6. The van der Waals surface area contributed by atoms with Crippen molar-refractivity contribution in [2.75, 3.05) is 18.0 Å². The Bertz CT molecular complexity index is 423.